The first-order valence-corrected chi connectivity index (χ1v) is 9.98. The molecule has 1 heterocycles. The van der Waals surface area contributed by atoms with Gasteiger partial charge in [0.1, 0.15) is 0 Å². The molecular weight excluding hydrogens is 360 g/mol. The lowest BCUT2D eigenvalue weighted by atomic mass is 10.0. The molecule has 1 aliphatic rings. The molecule has 0 aromatic heterocycles. The summed E-state index contributed by atoms with van der Waals surface area (Å²) in [6.45, 7) is 3.69. The largest absolute Gasteiger partial charge is 0.379 e. The van der Waals surface area contributed by atoms with Gasteiger partial charge in [0.2, 0.25) is 5.91 Å². The molecule has 2 aromatic carbocycles. The molecule has 1 aliphatic heterocycles. The number of hydrogen-bond donors (Lipinski definition) is 1. The molecule has 2 aromatic rings. The number of amides is 1. The van der Waals surface area contributed by atoms with E-state index in [0.717, 1.165) is 36.5 Å². The van der Waals surface area contributed by atoms with Gasteiger partial charge >= 0.3 is 0 Å². The fourth-order valence-corrected chi connectivity index (χ4v) is 3.73. The van der Waals surface area contributed by atoms with Gasteiger partial charge in [-0.15, -0.1) is 0 Å². The molecule has 0 spiro atoms. The van der Waals surface area contributed by atoms with Crippen molar-refractivity contribution in [3.8, 4) is 0 Å². The fourth-order valence-electron chi connectivity index (χ4n) is 3.47. The summed E-state index contributed by atoms with van der Waals surface area (Å²) >= 11 is 6.43. The molecule has 0 radical (unpaired) electrons. The number of halogens is 1. The molecule has 0 unspecified atom stereocenters. The van der Waals surface area contributed by atoms with Crippen LogP contribution in [0.5, 0.6) is 0 Å². The van der Waals surface area contributed by atoms with Gasteiger partial charge in [-0.1, -0.05) is 60.1 Å². The first-order chi connectivity index (χ1) is 13.2. The van der Waals surface area contributed by atoms with Gasteiger partial charge in [-0.2, -0.15) is 0 Å². The molecule has 0 bridgehead atoms. The number of nitrogens with one attached hydrogen (secondary N) is 1. The fraction of sp³-hybridized carbons (Fsp3) is 0.409. The molecule has 1 saturated heterocycles. The van der Waals surface area contributed by atoms with E-state index in [1.807, 2.05) is 42.5 Å². The summed E-state index contributed by atoms with van der Waals surface area (Å²) in [5.74, 6) is 0.0937. The Hall–Kier alpha value is -1.88. The Morgan fingerprint density at radius 3 is 2.52 bits per heavy atom. The maximum Gasteiger partial charge on any atom is 0.220 e. The number of morpholine rings is 1. The van der Waals surface area contributed by atoms with Gasteiger partial charge in [-0.3, -0.25) is 9.69 Å². The second-order valence-electron chi connectivity index (χ2n) is 6.83. The van der Waals surface area contributed by atoms with E-state index in [9.17, 15) is 4.79 Å². The molecule has 1 N–H and O–H groups in total. The van der Waals surface area contributed by atoms with Crippen molar-refractivity contribution < 1.29 is 9.53 Å². The van der Waals surface area contributed by atoms with Crippen molar-refractivity contribution in [3.63, 3.8) is 0 Å². The average molecular weight is 387 g/mol. The Morgan fingerprint density at radius 1 is 1.07 bits per heavy atom. The molecule has 0 saturated carbocycles. The minimum Gasteiger partial charge on any atom is -0.379 e. The third-order valence-electron chi connectivity index (χ3n) is 4.96. The molecule has 5 heteroatoms. The van der Waals surface area contributed by atoms with Crippen LogP contribution >= 0.6 is 11.6 Å². The number of carbonyl (C=O) groups is 1. The average Bonchev–Trinajstić information content (AvgIpc) is 2.71. The molecule has 1 atom stereocenters. The van der Waals surface area contributed by atoms with Crippen LogP contribution in [0, 0.1) is 0 Å². The number of hydrogen-bond acceptors (Lipinski definition) is 3. The van der Waals surface area contributed by atoms with Gasteiger partial charge in [0.15, 0.2) is 0 Å². The van der Waals surface area contributed by atoms with Crippen molar-refractivity contribution in [2.45, 2.75) is 25.3 Å². The summed E-state index contributed by atoms with van der Waals surface area (Å²) in [5.41, 5.74) is 2.33. The van der Waals surface area contributed by atoms with E-state index in [4.69, 9.17) is 16.3 Å². The Bertz CT molecular complexity index is 717. The summed E-state index contributed by atoms with van der Waals surface area (Å²) in [5, 5.41) is 3.85. The van der Waals surface area contributed by atoms with E-state index in [2.05, 4.69) is 22.3 Å². The predicted octanol–water partition coefficient (Wildman–Crippen LogP) is 3.85. The standard InChI is InChI=1S/C22H27ClN2O2/c23-20-11-5-4-10-19(20)21(25-13-15-27-16-14-25)17-24-22(26)12-6-9-18-7-2-1-3-8-18/h1-5,7-8,10-11,21H,6,9,12-17H2,(H,24,26)/t21-/m1/s1. The second kappa shape index (κ2) is 10.5. The second-order valence-corrected chi connectivity index (χ2v) is 7.24. The molecule has 1 fully saturated rings. The van der Waals surface area contributed by atoms with E-state index < -0.39 is 0 Å². The van der Waals surface area contributed by atoms with Crippen LogP contribution in [0.3, 0.4) is 0 Å². The van der Waals surface area contributed by atoms with Crippen LogP contribution in [-0.2, 0) is 16.0 Å². The predicted molar refractivity (Wildman–Crippen MR) is 109 cm³/mol. The van der Waals surface area contributed by atoms with Crippen LogP contribution < -0.4 is 5.32 Å². The zero-order chi connectivity index (χ0) is 18.9. The topological polar surface area (TPSA) is 41.6 Å². The Balaban J connectivity index is 1.54. The van der Waals surface area contributed by atoms with Gasteiger partial charge in [-0.25, -0.2) is 0 Å². The van der Waals surface area contributed by atoms with Crippen LogP contribution in [0.2, 0.25) is 5.02 Å². The van der Waals surface area contributed by atoms with Crippen molar-refractivity contribution in [3.05, 3.63) is 70.7 Å². The minimum absolute atomic E-state index is 0.0701. The Labute approximate surface area is 166 Å². The van der Waals surface area contributed by atoms with E-state index in [-0.39, 0.29) is 11.9 Å². The zero-order valence-electron chi connectivity index (χ0n) is 15.6. The van der Waals surface area contributed by atoms with Crippen LogP contribution in [0.1, 0.15) is 30.0 Å². The van der Waals surface area contributed by atoms with Gasteiger partial charge in [0, 0.05) is 31.1 Å². The van der Waals surface area contributed by atoms with E-state index in [1.54, 1.807) is 0 Å². The molecule has 1 amide bonds. The van der Waals surface area contributed by atoms with E-state index in [1.165, 1.54) is 5.56 Å². The monoisotopic (exact) mass is 386 g/mol. The third kappa shape index (κ3) is 6.06. The highest BCUT2D eigenvalue weighted by molar-refractivity contribution is 6.31. The summed E-state index contributed by atoms with van der Waals surface area (Å²) < 4.78 is 5.47. The molecule has 0 aliphatic carbocycles. The van der Waals surface area contributed by atoms with Gasteiger partial charge in [-0.05, 0) is 30.0 Å². The highest BCUT2D eigenvalue weighted by Crippen LogP contribution is 2.27. The van der Waals surface area contributed by atoms with Crippen molar-refractivity contribution in [2.75, 3.05) is 32.8 Å². The SMILES string of the molecule is O=C(CCCc1ccccc1)NC[C@H](c1ccccc1Cl)N1CCOCC1. The van der Waals surface area contributed by atoms with Crippen LogP contribution in [0.25, 0.3) is 0 Å². The minimum atomic E-state index is 0.0701. The first kappa shape index (κ1) is 19.9. The third-order valence-corrected chi connectivity index (χ3v) is 5.30. The van der Waals surface area contributed by atoms with Gasteiger partial charge < -0.3 is 10.1 Å². The maximum absolute atomic E-state index is 12.3. The lowest BCUT2D eigenvalue weighted by molar-refractivity contribution is -0.121. The van der Waals surface area contributed by atoms with Crippen molar-refractivity contribution in [2.24, 2.45) is 0 Å². The highest BCUT2D eigenvalue weighted by atomic mass is 35.5. The Morgan fingerprint density at radius 2 is 1.78 bits per heavy atom. The zero-order valence-corrected chi connectivity index (χ0v) is 16.3. The van der Waals surface area contributed by atoms with Crippen LogP contribution in [-0.4, -0.2) is 43.7 Å². The normalized spacial score (nSPS) is 16.0. The quantitative estimate of drug-likeness (QED) is 0.749. The number of ether oxygens (including phenoxy) is 1. The van der Waals surface area contributed by atoms with Crippen LogP contribution in [0.4, 0.5) is 0 Å². The number of rotatable bonds is 8. The van der Waals surface area contributed by atoms with Crippen LogP contribution in [0.15, 0.2) is 54.6 Å². The van der Waals surface area contributed by atoms with E-state index in [0.29, 0.717) is 26.2 Å². The molecule has 3 rings (SSSR count). The highest BCUT2D eigenvalue weighted by Gasteiger charge is 2.24. The van der Waals surface area contributed by atoms with Crippen molar-refractivity contribution in [1.82, 2.24) is 10.2 Å². The summed E-state index contributed by atoms with van der Waals surface area (Å²) in [6.07, 6.45) is 2.31. The molecule has 27 heavy (non-hydrogen) atoms. The Kier molecular flexibility index (Phi) is 7.69. The lowest BCUT2D eigenvalue weighted by Gasteiger charge is -2.35. The molecular formula is C22H27ClN2O2. The summed E-state index contributed by atoms with van der Waals surface area (Å²) in [7, 11) is 0. The summed E-state index contributed by atoms with van der Waals surface area (Å²) in [4.78, 5) is 14.7. The summed E-state index contributed by atoms with van der Waals surface area (Å²) in [6, 6.07) is 18.2. The number of benzene rings is 2. The maximum atomic E-state index is 12.3. The van der Waals surface area contributed by atoms with E-state index >= 15 is 0 Å². The number of carbonyl (C=O) groups excluding carboxylic acids is 1. The molecule has 4 nitrogen and oxygen atoms in total. The smallest absolute Gasteiger partial charge is 0.220 e. The van der Waals surface area contributed by atoms with Crippen molar-refractivity contribution in [1.29, 1.82) is 0 Å². The van der Waals surface area contributed by atoms with Gasteiger partial charge in [0.25, 0.3) is 0 Å². The first-order valence-electron chi connectivity index (χ1n) is 9.61. The molecule has 144 valence electrons. The number of nitrogens with zero attached hydrogens (tertiary/aromatic N) is 1. The lowest BCUT2D eigenvalue weighted by Crippen LogP contribution is -2.43. The van der Waals surface area contributed by atoms with Gasteiger partial charge in [0.05, 0.1) is 19.3 Å². The van der Waals surface area contributed by atoms with Crippen molar-refractivity contribution >= 4 is 17.5 Å². The number of aryl methyl sites for hydroxylation is 1.